The molecule has 14 heavy (non-hydrogen) atoms. The maximum atomic E-state index is 11.6. The molecule has 0 bridgehead atoms. The van der Waals surface area contributed by atoms with Crippen LogP contribution in [0.3, 0.4) is 0 Å². The first-order valence-corrected chi connectivity index (χ1v) is 5.11. The molecule has 0 spiro atoms. The maximum Gasteiger partial charge on any atom is 0.248 e. The highest BCUT2D eigenvalue weighted by Gasteiger charge is 2.20. The van der Waals surface area contributed by atoms with Crippen molar-refractivity contribution in [2.75, 3.05) is 19.6 Å². The summed E-state index contributed by atoms with van der Waals surface area (Å²) in [4.78, 5) is 13.8. The molecule has 0 aromatic rings. The van der Waals surface area contributed by atoms with E-state index < -0.39 is 0 Å². The number of carbonyl (C=O) groups excluding carboxylic acids is 1. The van der Waals surface area contributed by atoms with E-state index in [-0.39, 0.29) is 11.4 Å². The maximum absolute atomic E-state index is 11.6. The molecule has 0 radical (unpaired) electrons. The lowest BCUT2D eigenvalue weighted by molar-refractivity contribution is -0.119. The molecular formula is C11H20N2O. The lowest BCUT2D eigenvalue weighted by Crippen LogP contribution is -2.45. The Balaban J connectivity index is 2.32. The molecule has 0 aliphatic carbocycles. The zero-order valence-corrected chi connectivity index (χ0v) is 9.39. The molecule has 1 amide bonds. The van der Waals surface area contributed by atoms with Crippen LogP contribution in [0, 0.1) is 0 Å². The number of carbonyl (C=O) groups is 1. The number of hydrogen-bond acceptors (Lipinski definition) is 2. The summed E-state index contributed by atoms with van der Waals surface area (Å²) in [5.74, 6) is -0.0237. The van der Waals surface area contributed by atoms with Crippen molar-refractivity contribution in [2.45, 2.75) is 32.7 Å². The average molecular weight is 196 g/mol. The normalized spacial score (nSPS) is 17.4. The van der Waals surface area contributed by atoms with Crippen molar-refractivity contribution in [1.82, 2.24) is 10.2 Å². The van der Waals surface area contributed by atoms with Gasteiger partial charge in [-0.05, 0) is 40.3 Å². The molecule has 0 unspecified atom stereocenters. The standard InChI is InChI=1S/C11H20N2O/c1-9(8-13-6-5-7-13)10(14)12-11(2,3)4/h1,5-8H2,2-4H3,(H,12,14). The van der Waals surface area contributed by atoms with Crippen molar-refractivity contribution in [1.29, 1.82) is 0 Å². The summed E-state index contributed by atoms with van der Waals surface area (Å²) in [6.45, 7) is 12.6. The van der Waals surface area contributed by atoms with Gasteiger partial charge in [0, 0.05) is 17.7 Å². The van der Waals surface area contributed by atoms with Crippen LogP contribution in [0.15, 0.2) is 12.2 Å². The highest BCUT2D eigenvalue weighted by molar-refractivity contribution is 5.93. The van der Waals surface area contributed by atoms with E-state index in [0.717, 1.165) is 13.1 Å². The molecule has 1 N–H and O–H groups in total. The fourth-order valence-electron chi connectivity index (χ4n) is 1.31. The van der Waals surface area contributed by atoms with Crippen molar-refractivity contribution >= 4 is 5.91 Å². The number of amides is 1. The van der Waals surface area contributed by atoms with Crippen molar-refractivity contribution < 1.29 is 4.79 Å². The minimum Gasteiger partial charge on any atom is -0.348 e. The summed E-state index contributed by atoms with van der Waals surface area (Å²) >= 11 is 0. The summed E-state index contributed by atoms with van der Waals surface area (Å²) in [5, 5.41) is 2.91. The van der Waals surface area contributed by atoms with E-state index in [1.807, 2.05) is 20.8 Å². The second-order valence-corrected chi connectivity index (χ2v) is 4.94. The third-order valence-electron chi connectivity index (χ3n) is 2.17. The van der Waals surface area contributed by atoms with Crippen LogP contribution >= 0.6 is 0 Å². The highest BCUT2D eigenvalue weighted by Crippen LogP contribution is 2.09. The molecule has 1 rings (SSSR count). The molecule has 1 saturated heterocycles. The van der Waals surface area contributed by atoms with E-state index in [1.54, 1.807) is 0 Å². The molecule has 80 valence electrons. The predicted octanol–water partition coefficient (Wildman–Crippen LogP) is 1.16. The Hall–Kier alpha value is -0.830. The Morgan fingerprint density at radius 2 is 2.00 bits per heavy atom. The van der Waals surface area contributed by atoms with E-state index in [9.17, 15) is 4.79 Å². The van der Waals surface area contributed by atoms with Gasteiger partial charge in [-0.25, -0.2) is 0 Å². The van der Waals surface area contributed by atoms with Crippen LogP contribution in [0.25, 0.3) is 0 Å². The van der Waals surface area contributed by atoms with E-state index in [2.05, 4.69) is 16.8 Å². The SMILES string of the molecule is C=C(CN1CCC1)C(=O)NC(C)(C)C. The Kier molecular flexibility index (Phi) is 3.32. The van der Waals surface area contributed by atoms with Gasteiger partial charge in [0.05, 0.1) is 0 Å². The number of nitrogens with zero attached hydrogens (tertiary/aromatic N) is 1. The first-order valence-electron chi connectivity index (χ1n) is 5.11. The summed E-state index contributed by atoms with van der Waals surface area (Å²) < 4.78 is 0. The number of rotatable bonds is 3. The zero-order chi connectivity index (χ0) is 10.8. The molecular weight excluding hydrogens is 176 g/mol. The van der Waals surface area contributed by atoms with Crippen LogP contribution < -0.4 is 5.32 Å². The van der Waals surface area contributed by atoms with Gasteiger partial charge in [-0.15, -0.1) is 0 Å². The van der Waals surface area contributed by atoms with E-state index in [0.29, 0.717) is 12.1 Å². The lowest BCUT2D eigenvalue weighted by atomic mass is 10.1. The fourth-order valence-corrected chi connectivity index (χ4v) is 1.31. The molecule has 3 nitrogen and oxygen atoms in total. The highest BCUT2D eigenvalue weighted by atomic mass is 16.1. The average Bonchev–Trinajstić information content (AvgIpc) is 1.92. The van der Waals surface area contributed by atoms with Gasteiger partial charge >= 0.3 is 0 Å². The Bertz CT molecular complexity index is 236. The summed E-state index contributed by atoms with van der Waals surface area (Å²) in [6.07, 6.45) is 1.24. The van der Waals surface area contributed by atoms with Crippen molar-refractivity contribution in [3.63, 3.8) is 0 Å². The molecule has 0 saturated carbocycles. The molecule has 1 fully saturated rings. The van der Waals surface area contributed by atoms with Gasteiger partial charge in [-0.1, -0.05) is 6.58 Å². The quantitative estimate of drug-likeness (QED) is 0.687. The topological polar surface area (TPSA) is 32.3 Å². The fraction of sp³-hybridized carbons (Fsp3) is 0.727. The Labute approximate surface area is 86.2 Å². The van der Waals surface area contributed by atoms with Crippen molar-refractivity contribution in [3.8, 4) is 0 Å². The van der Waals surface area contributed by atoms with Crippen LogP contribution in [0.4, 0.5) is 0 Å². The first-order chi connectivity index (χ1) is 6.38. The smallest absolute Gasteiger partial charge is 0.248 e. The minimum absolute atomic E-state index is 0.0237. The summed E-state index contributed by atoms with van der Waals surface area (Å²) in [6, 6.07) is 0. The van der Waals surface area contributed by atoms with Gasteiger partial charge in [0.2, 0.25) is 5.91 Å². The summed E-state index contributed by atoms with van der Waals surface area (Å²) in [7, 11) is 0. The van der Waals surface area contributed by atoms with Gasteiger partial charge in [0.1, 0.15) is 0 Å². The Morgan fingerprint density at radius 1 is 1.43 bits per heavy atom. The molecule has 0 aromatic heterocycles. The van der Waals surface area contributed by atoms with Gasteiger partial charge in [0.15, 0.2) is 0 Å². The van der Waals surface area contributed by atoms with E-state index in [4.69, 9.17) is 0 Å². The molecule has 0 atom stereocenters. The zero-order valence-electron chi connectivity index (χ0n) is 9.39. The largest absolute Gasteiger partial charge is 0.348 e. The van der Waals surface area contributed by atoms with Gasteiger partial charge in [0.25, 0.3) is 0 Å². The van der Waals surface area contributed by atoms with Crippen LogP contribution in [0.2, 0.25) is 0 Å². The van der Waals surface area contributed by atoms with Crippen LogP contribution in [-0.4, -0.2) is 36.0 Å². The van der Waals surface area contributed by atoms with Crippen molar-refractivity contribution in [2.24, 2.45) is 0 Å². The first kappa shape index (κ1) is 11.2. The van der Waals surface area contributed by atoms with Crippen molar-refractivity contribution in [3.05, 3.63) is 12.2 Å². The third kappa shape index (κ3) is 3.50. The van der Waals surface area contributed by atoms with Gasteiger partial charge < -0.3 is 5.32 Å². The molecule has 1 aliphatic rings. The van der Waals surface area contributed by atoms with Crippen LogP contribution in [-0.2, 0) is 4.79 Å². The number of hydrogen-bond donors (Lipinski definition) is 1. The van der Waals surface area contributed by atoms with E-state index in [1.165, 1.54) is 6.42 Å². The third-order valence-corrected chi connectivity index (χ3v) is 2.17. The second-order valence-electron chi connectivity index (χ2n) is 4.94. The molecule has 0 aromatic carbocycles. The minimum atomic E-state index is -0.172. The van der Waals surface area contributed by atoms with E-state index >= 15 is 0 Å². The predicted molar refractivity (Wildman–Crippen MR) is 58.1 cm³/mol. The Morgan fingerprint density at radius 3 is 2.36 bits per heavy atom. The van der Waals surface area contributed by atoms with Crippen LogP contribution in [0.5, 0.6) is 0 Å². The molecule has 1 aliphatic heterocycles. The molecule has 1 heterocycles. The second kappa shape index (κ2) is 4.13. The monoisotopic (exact) mass is 196 g/mol. The van der Waals surface area contributed by atoms with Crippen LogP contribution in [0.1, 0.15) is 27.2 Å². The lowest BCUT2D eigenvalue weighted by Gasteiger charge is -2.31. The molecule has 3 heteroatoms. The number of likely N-dealkylation sites (tertiary alicyclic amines) is 1. The summed E-state index contributed by atoms with van der Waals surface area (Å²) in [5.41, 5.74) is 0.495. The van der Waals surface area contributed by atoms with Gasteiger partial charge in [-0.2, -0.15) is 0 Å². The number of nitrogens with one attached hydrogen (secondary N) is 1. The van der Waals surface area contributed by atoms with Gasteiger partial charge in [-0.3, -0.25) is 9.69 Å².